The van der Waals surface area contributed by atoms with Crippen LogP contribution in [0.4, 0.5) is 0 Å². The standard InChI is InChI=1S/C14H19Cl2NO/c1-10(9-17-11-5-2-3-6-11)18-13-8-4-7-12(15)14(13)16/h4,7-8,10-11,17H,2-3,5-6,9H2,1H3. The summed E-state index contributed by atoms with van der Waals surface area (Å²) in [5.41, 5.74) is 0. The first-order valence-corrected chi connectivity index (χ1v) is 7.26. The third-order valence-corrected chi connectivity index (χ3v) is 4.10. The molecule has 0 radical (unpaired) electrons. The fourth-order valence-electron chi connectivity index (χ4n) is 2.30. The molecule has 0 aromatic heterocycles. The van der Waals surface area contributed by atoms with Gasteiger partial charge >= 0.3 is 0 Å². The Hall–Kier alpha value is -0.440. The molecule has 2 nitrogen and oxygen atoms in total. The zero-order valence-corrected chi connectivity index (χ0v) is 12.1. The van der Waals surface area contributed by atoms with Crippen LogP contribution in [0.25, 0.3) is 0 Å². The molecule has 0 bridgehead atoms. The van der Waals surface area contributed by atoms with Gasteiger partial charge < -0.3 is 10.1 Å². The molecule has 4 heteroatoms. The zero-order valence-electron chi connectivity index (χ0n) is 10.6. The highest BCUT2D eigenvalue weighted by atomic mass is 35.5. The van der Waals surface area contributed by atoms with Crippen LogP contribution in [0.15, 0.2) is 18.2 Å². The molecule has 1 saturated carbocycles. The van der Waals surface area contributed by atoms with Gasteiger partial charge in [0.15, 0.2) is 0 Å². The number of hydrogen-bond donors (Lipinski definition) is 1. The van der Waals surface area contributed by atoms with Crippen LogP contribution in [0, 0.1) is 0 Å². The molecular formula is C14H19Cl2NO. The summed E-state index contributed by atoms with van der Waals surface area (Å²) >= 11 is 12.0. The van der Waals surface area contributed by atoms with Crippen molar-refractivity contribution in [3.05, 3.63) is 28.2 Å². The Balaban J connectivity index is 1.82. The minimum atomic E-state index is 0.0848. The maximum atomic E-state index is 6.09. The molecule has 0 aliphatic heterocycles. The average Bonchev–Trinajstić information content (AvgIpc) is 2.86. The van der Waals surface area contributed by atoms with Crippen molar-refractivity contribution in [3.8, 4) is 5.75 Å². The molecule has 18 heavy (non-hydrogen) atoms. The van der Waals surface area contributed by atoms with E-state index >= 15 is 0 Å². The molecule has 1 N–H and O–H groups in total. The summed E-state index contributed by atoms with van der Waals surface area (Å²) < 4.78 is 5.81. The lowest BCUT2D eigenvalue weighted by Crippen LogP contribution is -2.35. The fourth-order valence-corrected chi connectivity index (χ4v) is 2.63. The quantitative estimate of drug-likeness (QED) is 0.872. The molecule has 0 amide bonds. The Morgan fingerprint density at radius 3 is 2.78 bits per heavy atom. The van der Waals surface area contributed by atoms with E-state index in [2.05, 4.69) is 5.32 Å². The number of benzene rings is 1. The molecule has 100 valence electrons. The summed E-state index contributed by atoms with van der Waals surface area (Å²) in [4.78, 5) is 0. The summed E-state index contributed by atoms with van der Waals surface area (Å²) in [6.07, 6.45) is 5.33. The van der Waals surface area contributed by atoms with E-state index in [1.165, 1.54) is 25.7 Å². The summed E-state index contributed by atoms with van der Waals surface area (Å²) in [5, 5.41) is 4.56. The lowest BCUT2D eigenvalue weighted by atomic mass is 10.2. The van der Waals surface area contributed by atoms with Crippen LogP contribution in [0.5, 0.6) is 5.75 Å². The number of hydrogen-bond acceptors (Lipinski definition) is 2. The predicted molar refractivity (Wildman–Crippen MR) is 76.8 cm³/mol. The van der Waals surface area contributed by atoms with Crippen molar-refractivity contribution in [3.63, 3.8) is 0 Å². The molecule has 1 unspecified atom stereocenters. The Kier molecular flexibility index (Phi) is 5.16. The van der Waals surface area contributed by atoms with Crippen molar-refractivity contribution >= 4 is 23.2 Å². The lowest BCUT2D eigenvalue weighted by molar-refractivity contribution is 0.211. The first kappa shape index (κ1) is 14.0. The van der Waals surface area contributed by atoms with Crippen molar-refractivity contribution in [1.82, 2.24) is 5.32 Å². The Morgan fingerprint density at radius 2 is 2.06 bits per heavy atom. The minimum absolute atomic E-state index is 0.0848. The normalized spacial score (nSPS) is 17.9. The van der Waals surface area contributed by atoms with E-state index < -0.39 is 0 Å². The van der Waals surface area contributed by atoms with Crippen LogP contribution < -0.4 is 10.1 Å². The highest BCUT2D eigenvalue weighted by Crippen LogP contribution is 2.32. The van der Waals surface area contributed by atoms with Gasteiger partial charge in [0.2, 0.25) is 0 Å². The number of rotatable bonds is 5. The van der Waals surface area contributed by atoms with Crippen LogP contribution >= 0.6 is 23.2 Å². The van der Waals surface area contributed by atoms with Crippen molar-refractivity contribution in [1.29, 1.82) is 0 Å². The van der Waals surface area contributed by atoms with E-state index in [0.717, 1.165) is 6.54 Å². The van der Waals surface area contributed by atoms with Gasteiger partial charge in [-0.15, -0.1) is 0 Å². The van der Waals surface area contributed by atoms with E-state index in [0.29, 0.717) is 21.8 Å². The van der Waals surface area contributed by atoms with Gasteiger partial charge in [-0.25, -0.2) is 0 Å². The summed E-state index contributed by atoms with van der Waals surface area (Å²) in [6.45, 7) is 2.88. The van der Waals surface area contributed by atoms with E-state index in [4.69, 9.17) is 27.9 Å². The largest absolute Gasteiger partial charge is 0.488 e. The second-order valence-corrected chi connectivity index (χ2v) is 5.66. The van der Waals surface area contributed by atoms with Crippen LogP contribution in [-0.4, -0.2) is 18.7 Å². The molecule has 2 rings (SSSR count). The molecule has 0 saturated heterocycles. The lowest BCUT2D eigenvalue weighted by Gasteiger charge is -2.19. The molecule has 1 aliphatic rings. The van der Waals surface area contributed by atoms with Crippen molar-refractivity contribution in [2.75, 3.05) is 6.54 Å². The van der Waals surface area contributed by atoms with Gasteiger partial charge in [0.05, 0.1) is 5.02 Å². The Morgan fingerprint density at radius 1 is 1.33 bits per heavy atom. The molecule has 0 spiro atoms. The second kappa shape index (κ2) is 6.65. The minimum Gasteiger partial charge on any atom is -0.488 e. The van der Waals surface area contributed by atoms with Gasteiger partial charge in [-0.05, 0) is 31.9 Å². The molecule has 1 aromatic rings. The fraction of sp³-hybridized carbons (Fsp3) is 0.571. The van der Waals surface area contributed by atoms with Crippen LogP contribution in [0.2, 0.25) is 10.0 Å². The van der Waals surface area contributed by atoms with E-state index in [1.54, 1.807) is 6.07 Å². The molecule has 1 fully saturated rings. The Bertz CT molecular complexity index is 391. The third kappa shape index (κ3) is 3.78. The number of halogens is 2. The topological polar surface area (TPSA) is 21.3 Å². The Labute approximate surface area is 119 Å². The van der Waals surface area contributed by atoms with Gasteiger partial charge in [0, 0.05) is 12.6 Å². The van der Waals surface area contributed by atoms with E-state index in [-0.39, 0.29) is 6.10 Å². The summed E-state index contributed by atoms with van der Waals surface area (Å²) in [7, 11) is 0. The number of nitrogens with one attached hydrogen (secondary N) is 1. The molecular weight excluding hydrogens is 269 g/mol. The van der Waals surface area contributed by atoms with Crippen molar-refractivity contribution < 1.29 is 4.74 Å². The van der Waals surface area contributed by atoms with E-state index in [1.807, 2.05) is 19.1 Å². The monoisotopic (exact) mass is 287 g/mol. The van der Waals surface area contributed by atoms with Gasteiger partial charge in [-0.3, -0.25) is 0 Å². The van der Waals surface area contributed by atoms with Gasteiger partial charge in [0.25, 0.3) is 0 Å². The van der Waals surface area contributed by atoms with Crippen LogP contribution in [-0.2, 0) is 0 Å². The molecule has 1 aromatic carbocycles. The van der Waals surface area contributed by atoms with Gasteiger partial charge in [0.1, 0.15) is 16.9 Å². The second-order valence-electron chi connectivity index (χ2n) is 4.87. The van der Waals surface area contributed by atoms with Crippen molar-refractivity contribution in [2.24, 2.45) is 0 Å². The predicted octanol–water partition coefficient (Wildman–Crippen LogP) is 4.29. The highest BCUT2D eigenvalue weighted by molar-refractivity contribution is 6.42. The smallest absolute Gasteiger partial charge is 0.139 e. The third-order valence-electron chi connectivity index (χ3n) is 3.29. The van der Waals surface area contributed by atoms with E-state index in [9.17, 15) is 0 Å². The maximum absolute atomic E-state index is 6.09. The van der Waals surface area contributed by atoms with Crippen LogP contribution in [0.3, 0.4) is 0 Å². The van der Waals surface area contributed by atoms with Gasteiger partial charge in [-0.2, -0.15) is 0 Å². The average molecular weight is 288 g/mol. The molecule has 0 heterocycles. The molecule has 1 aliphatic carbocycles. The van der Waals surface area contributed by atoms with Gasteiger partial charge in [-0.1, -0.05) is 42.1 Å². The van der Waals surface area contributed by atoms with Crippen molar-refractivity contribution in [2.45, 2.75) is 44.8 Å². The highest BCUT2D eigenvalue weighted by Gasteiger charge is 2.16. The SMILES string of the molecule is CC(CNC1CCCC1)Oc1cccc(Cl)c1Cl. The zero-order chi connectivity index (χ0) is 13.0. The first-order valence-electron chi connectivity index (χ1n) is 6.51. The number of ether oxygens (including phenoxy) is 1. The summed E-state index contributed by atoms with van der Waals surface area (Å²) in [5.74, 6) is 0.657. The maximum Gasteiger partial charge on any atom is 0.139 e. The van der Waals surface area contributed by atoms with Crippen LogP contribution in [0.1, 0.15) is 32.6 Å². The summed E-state index contributed by atoms with van der Waals surface area (Å²) in [6, 6.07) is 6.12. The first-order chi connectivity index (χ1) is 8.66. The molecule has 1 atom stereocenters.